The second-order valence-corrected chi connectivity index (χ2v) is 4.48. The van der Waals surface area contributed by atoms with Crippen molar-refractivity contribution in [2.75, 3.05) is 26.3 Å². The highest BCUT2D eigenvalue weighted by Gasteiger charge is 2.31. The fourth-order valence-corrected chi connectivity index (χ4v) is 2.33. The molecule has 2 aliphatic rings. The average Bonchev–Trinajstić information content (AvgIpc) is 2.74. The summed E-state index contributed by atoms with van der Waals surface area (Å²) in [4.78, 5) is 24.8. The zero-order valence-electron chi connectivity index (χ0n) is 9.57. The molecule has 0 radical (unpaired) electrons. The molecule has 2 rings (SSSR count). The number of carbonyl (C=O) groups is 2. The molecule has 0 aromatic carbocycles. The molecular weight excluding hydrogens is 208 g/mol. The summed E-state index contributed by atoms with van der Waals surface area (Å²) in [7, 11) is 0. The van der Waals surface area contributed by atoms with Crippen molar-refractivity contribution in [1.29, 1.82) is 0 Å². The van der Waals surface area contributed by atoms with E-state index in [0.717, 1.165) is 19.6 Å². The Morgan fingerprint density at radius 1 is 1.50 bits per heavy atom. The molecule has 1 N–H and O–H groups in total. The first kappa shape index (κ1) is 11.4. The van der Waals surface area contributed by atoms with Gasteiger partial charge in [0, 0.05) is 31.5 Å². The number of hydrogen-bond donors (Lipinski definition) is 1. The summed E-state index contributed by atoms with van der Waals surface area (Å²) in [5.41, 5.74) is 0. The molecule has 0 saturated carbocycles. The summed E-state index contributed by atoms with van der Waals surface area (Å²) in [5.74, 6) is 0.396. The van der Waals surface area contributed by atoms with Crippen LogP contribution in [0, 0.1) is 5.92 Å². The molecule has 0 bridgehead atoms. The number of ether oxygens (including phenoxy) is 1. The third-order valence-corrected chi connectivity index (χ3v) is 3.48. The van der Waals surface area contributed by atoms with Crippen LogP contribution in [-0.4, -0.2) is 49.1 Å². The van der Waals surface area contributed by atoms with Gasteiger partial charge in [-0.2, -0.15) is 0 Å². The van der Waals surface area contributed by atoms with Gasteiger partial charge in [0.15, 0.2) is 0 Å². The van der Waals surface area contributed by atoms with Gasteiger partial charge in [0.1, 0.15) is 0 Å². The lowest BCUT2D eigenvalue weighted by Crippen LogP contribution is -2.44. The summed E-state index contributed by atoms with van der Waals surface area (Å²) < 4.78 is 5.34. The summed E-state index contributed by atoms with van der Waals surface area (Å²) in [6.45, 7) is 4.23. The molecule has 90 valence electrons. The Labute approximate surface area is 95.1 Å². The van der Waals surface area contributed by atoms with E-state index in [2.05, 4.69) is 5.32 Å². The van der Waals surface area contributed by atoms with Crippen LogP contribution in [0.15, 0.2) is 0 Å². The summed E-state index contributed by atoms with van der Waals surface area (Å²) >= 11 is 0. The molecule has 2 atom stereocenters. The smallest absolute Gasteiger partial charge is 0.242 e. The van der Waals surface area contributed by atoms with Gasteiger partial charge in [0.2, 0.25) is 11.8 Å². The normalized spacial score (nSPS) is 28.8. The summed E-state index contributed by atoms with van der Waals surface area (Å²) in [6.07, 6.45) is 1.41. The minimum Gasteiger partial charge on any atom is -0.381 e. The van der Waals surface area contributed by atoms with Gasteiger partial charge in [-0.1, -0.05) is 0 Å². The Morgan fingerprint density at radius 3 is 3.00 bits per heavy atom. The highest BCUT2D eigenvalue weighted by molar-refractivity contribution is 5.87. The van der Waals surface area contributed by atoms with Crippen LogP contribution >= 0.6 is 0 Å². The molecule has 0 aromatic rings. The van der Waals surface area contributed by atoms with E-state index in [0.29, 0.717) is 18.9 Å². The van der Waals surface area contributed by atoms with Crippen LogP contribution in [0.2, 0.25) is 0 Å². The van der Waals surface area contributed by atoms with Crippen molar-refractivity contribution in [3.05, 3.63) is 0 Å². The molecule has 0 aliphatic carbocycles. The highest BCUT2D eigenvalue weighted by Crippen LogP contribution is 2.21. The Hall–Kier alpha value is -1.10. The minimum absolute atomic E-state index is 0.0188. The summed E-state index contributed by atoms with van der Waals surface area (Å²) in [5, 5.41) is 2.61. The van der Waals surface area contributed by atoms with Crippen molar-refractivity contribution in [2.45, 2.75) is 25.8 Å². The van der Waals surface area contributed by atoms with Crippen LogP contribution < -0.4 is 5.32 Å². The van der Waals surface area contributed by atoms with E-state index >= 15 is 0 Å². The van der Waals surface area contributed by atoms with Crippen molar-refractivity contribution in [3.63, 3.8) is 0 Å². The van der Waals surface area contributed by atoms with Crippen LogP contribution in [0.4, 0.5) is 0 Å². The Morgan fingerprint density at radius 2 is 2.31 bits per heavy atom. The zero-order chi connectivity index (χ0) is 11.5. The molecule has 2 heterocycles. The van der Waals surface area contributed by atoms with Crippen molar-refractivity contribution >= 4 is 11.8 Å². The van der Waals surface area contributed by atoms with E-state index in [1.165, 1.54) is 0 Å². The minimum atomic E-state index is -0.0364. The number of carbonyl (C=O) groups excluding carboxylic acids is 2. The van der Waals surface area contributed by atoms with E-state index in [1.807, 2.05) is 11.8 Å². The average molecular weight is 226 g/mol. The Bertz CT molecular complexity index is 287. The molecule has 2 aliphatic heterocycles. The Kier molecular flexibility index (Phi) is 3.43. The predicted molar refractivity (Wildman–Crippen MR) is 57.7 cm³/mol. The zero-order valence-corrected chi connectivity index (χ0v) is 9.57. The molecular formula is C11H18N2O3. The van der Waals surface area contributed by atoms with E-state index in [9.17, 15) is 9.59 Å². The number of hydrogen-bond acceptors (Lipinski definition) is 3. The fraction of sp³-hybridized carbons (Fsp3) is 0.818. The monoisotopic (exact) mass is 226 g/mol. The van der Waals surface area contributed by atoms with Crippen molar-refractivity contribution < 1.29 is 14.3 Å². The maximum atomic E-state index is 11.8. The van der Waals surface area contributed by atoms with Crippen LogP contribution in [0.5, 0.6) is 0 Å². The van der Waals surface area contributed by atoms with Crippen molar-refractivity contribution in [2.24, 2.45) is 5.92 Å². The molecule has 2 saturated heterocycles. The van der Waals surface area contributed by atoms with E-state index in [-0.39, 0.29) is 24.4 Å². The predicted octanol–water partition coefficient (Wildman–Crippen LogP) is -0.240. The van der Waals surface area contributed by atoms with E-state index in [1.54, 1.807) is 0 Å². The standard InChI is InChI=1S/C11H18N2O3/c1-8(9-3-5-16-7-9)13-4-2-10(14)12-6-11(13)15/h8-9H,2-7H2,1H3,(H,12,14). The van der Waals surface area contributed by atoms with Gasteiger partial charge in [0.25, 0.3) is 0 Å². The second kappa shape index (κ2) is 4.82. The van der Waals surface area contributed by atoms with Gasteiger partial charge in [-0.05, 0) is 13.3 Å². The van der Waals surface area contributed by atoms with Gasteiger partial charge >= 0.3 is 0 Å². The van der Waals surface area contributed by atoms with E-state index < -0.39 is 0 Å². The van der Waals surface area contributed by atoms with Crippen LogP contribution in [0.3, 0.4) is 0 Å². The Balaban J connectivity index is 2.00. The van der Waals surface area contributed by atoms with Crippen molar-refractivity contribution in [3.8, 4) is 0 Å². The maximum Gasteiger partial charge on any atom is 0.242 e. The number of rotatable bonds is 2. The second-order valence-electron chi connectivity index (χ2n) is 4.48. The molecule has 0 aromatic heterocycles. The lowest BCUT2D eigenvalue weighted by Gasteiger charge is -2.31. The molecule has 0 spiro atoms. The van der Waals surface area contributed by atoms with Crippen LogP contribution in [-0.2, 0) is 14.3 Å². The van der Waals surface area contributed by atoms with Crippen molar-refractivity contribution in [1.82, 2.24) is 10.2 Å². The van der Waals surface area contributed by atoms with Gasteiger partial charge < -0.3 is 15.0 Å². The number of nitrogens with zero attached hydrogens (tertiary/aromatic N) is 1. The van der Waals surface area contributed by atoms with Gasteiger partial charge in [-0.25, -0.2) is 0 Å². The molecule has 5 nitrogen and oxygen atoms in total. The fourth-order valence-electron chi connectivity index (χ4n) is 2.33. The number of nitrogens with one attached hydrogen (secondary N) is 1. The first-order chi connectivity index (χ1) is 7.68. The third kappa shape index (κ3) is 2.35. The summed E-state index contributed by atoms with van der Waals surface area (Å²) in [6, 6.07) is 0.169. The molecule has 2 unspecified atom stereocenters. The van der Waals surface area contributed by atoms with Crippen LogP contribution in [0.1, 0.15) is 19.8 Å². The molecule has 2 amide bonds. The van der Waals surface area contributed by atoms with Gasteiger partial charge in [-0.3, -0.25) is 9.59 Å². The molecule has 16 heavy (non-hydrogen) atoms. The number of amides is 2. The largest absolute Gasteiger partial charge is 0.381 e. The van der Waals surface area contributed by atoms with Gasteiger partial charge in [-0.15, -0.1) is 0 Å². The lowest BCUT2D eigenvalue weighted by molar-refractivity contribution is -0.132. The van der Waals surface area contributed by atoms with E-state index in [4.69, 9.17) is 4.74 Å². The quantitative estimate of drug-likeness (QED) is 0.707. The lowest BCUT2D eigenvalue weighted by atomic mass is 9.99. The maximum absolute atomic E-state index is 11.8. The first-order valence-corrected chi connectivity index (χ1v) is 5.82. The topological polar surface area (TPSA) is 58.6 Å². The molecule has 5 heteroatoms. The third-order valence-electron chi connectivity index (χ3n) is 3.48. The van der Waals surface area contributed by atoms with Crippen LogP contribution in [0.25, 0.3) is 0 Å². The SMILES string of the molecule is CC(C1CCOC1)N1CCC(=O)NCC1=O. The first-order valence-electron chi connectivity index (χ1n) is 5.82. The molecule has 2 fully saturated rings. The van der Waals surface area contributed by atoms with Gasteiger partial charge in [0.05, 0.1) is 13.2 Å². The highest BCUT2D eigenvalue weighted by atomic mass is 16.5.